The maximum atomic E-state index is 11.7. The zero-order valence-corrected chi connectivity index (χ0v) is 19.4. The number of rotatable bonds is 4. The SMILES string of the molecule is I.O=S1(=O)CCC(CN=C(NC2CCCCC2)NC2CCc3ncnn3C2)C1. The molecule has 0 spiro atoms. The summed E-state index contributed by atoms with van der Waals surface area (Å²) in [5.41, 5.74) is 0. The monoisotopic (exact) mass is 522 g/mol. The van der Waals surface area contributed by atoms with E-state index >= 15 is 0 Å². The summed E-state index contributed by atoms with van der Waals surface area (Å²) in [6.07, 6.45) is 10.5. The molecule has 2 atom stereocenters. The second-order valence-corrected chi connectivity index (χ2v) is 10.4. The minimum atomic E-state index is -2.85. The molecule has 28 heavy (non-hydrogen) atoms. The Morgan fingerprint density at radius 3 is 2.68 bits per heavy atom. The first-order valence-electron chi connectivity index (χ1n) is 10.2. The zero-order valence-electron chi connectivity index (χ0n) is 16.2. The number of hydrogen-bond acceptors (Lipinski definition) is 5. The number of hydrogen-bond donors (Lipinski definition) is 2. The molecule has 3 aliphatic rings. The Balaban J connectivity index is 0.00000225. The van der Waals surface area contributed by atoms with Gasteiger partial charge in [-0.05, 0) is 31.6 Å². The zero-order chi connectivity index (χ0) is 18.7. The Labute approximate surface area is 184 Å². The van der Waals surface area contributed by atoms with Gasteiger partial charge < -0.3 is 10.6 Å². The Morgan fingerprint density at radius 1 is 1.14 bits per heavy atom. The standard InChI is InChI=1S/C18H30N6O2S.HI/c25-27(26)9-8-14(12-27)10-19-18(22-15-4-2-1-3-5-15)23-16-6-7-17-20-13-21-24(17)11-16;/h13-16H,1-12H2,(H2,19,22,23);1H. The van der Waals surface area contributed by atoms with E-state index in [-0.39, 0.29) is 41.7 Å². The molecule has 1 aromatic rings. The maximum Gasteiger partial charge on any atom is 0.191 e. The van der Waals surface area contributed by atoms with E-state index in [0.29, 0.717) is 18.3 Å². The fourth-order valence-corrected chi connectivity index (χ4v) is 6.21. The minimum absolute atomic E-state index is 0. The van der Waals surface area contributed by atoms with Gasteiger partial charge in [0.15, 0.2) is 15.8 Å². The van der Waals surface area contributed by atoms with Gasteiger partial charge in [-0.25, -0.2) is 18.1 Å². The van der Waals surface area contributed by atoms with E-state index in [9.17, 15) is 8.42 Å². The van der Waals surface area contributed by atoms with Crippen LogP contribution in [-0.4, -0.2) is 59.3 Å². The van der Waals surface area contributed by atoms with Crippen LogP contribution in [0.2, 0.25) is 0 Å². The van der Waals surface area contributed by atoms with Crippen molar-refractivity contribution < 1.29 is 8.42 Å². The van der Waals surface area contributed by atoms with Crippen LogP contribution in [0, 0.1) is 5.92 Å². The normalized spacial score (nSPS) is 27.6. The first kappa shape index (κ1) is 21.8. The Bertz CT molecular complexity index is 775. The fourth-order valence-electron chi connectivity index (χ4n) is 4.36. The third-order valence-corrected chi connectivity index (χ3v) is 7.76. The first-order valence-corrected chi connectivity index (χ1v) is 12.0. The molecule has 4 rings (SSSR count). The summed E-state index contributed by atoms with van der Waals surface area (Å²) in [5, 5.41) is 11.5. The van der Waals surface area contributed by atoms with Crippen molar-refractivity contribution in [2.24, 2.45) is 10.9 Å². The molecule has 0 amide bonds. The van der Waals surface area contributed by atoms with E-state index in [4.69, 9.17) is 4.99 Å². The molecule has 0 aromatic carbocycles. The number of fused-ring (bicyclic) bond motifs is 1. The highest BCUT2D eigenvalue weighted by atomic mass is 127. The van der Waals surface area contributed by atoms with E-state index in [1.165, 1.54) is 32.1 Å². The second kappa shape index (κ2) is 9.73. The van der Waals surface area contributed by atoms with Crippen LogP contribution in [0.5, 0.6) is 0 Å². The molecule has 158 valence electrons. The average Bonchev–Trinajstić information content (AvgIpc) is 3.26. The summed E-state index contributed by atoms with van der Waals surface area (Å²) in [6.45, 7) is 1.36. The van der Waals surface area contributed by atoms with Crippen LogP contribution in [-0.2, 0) is 22.8 Å². The van der Waals surface area contributed by atoms with Gasteiger partial charge in [-0.3, -0.25) is 4.99 Å². The van der Waals surface area contributed by atoms with Gasteiger partial charge in [-0.1, -0.05) is 19.3 Å². The van der Waals surface area contributed by atoms with Gasteiger partial charge in [0.25, 0.3) is 0 Å². The molecule has 1 saturated carbocycles. The predicted molar refractivity (Wildman–Crippen MR) is 120 cm³/mol. The van der Waals surface area contributed by atoms with Crippen molar-refractivity contribution in [2.75, 3.05) is 18.1 Å². The molecule has 2 aliphatic heterocycles. The van der Waals surface area contributed by atoms with E-state index in [1.54, 1.807) is 6.33 Å². The molecular formula is C18H31IN6O2S. The van der Waals surface area contributed by atoms with Crippen molar-refractivity contribution in [1.82, 2.24) is 25.4 Å². The van der Waals surface area contributed by atoms with Crippen LogP contribution in [0.25, 0.3) is 0 Å². The van der Waals surface area contributed by atoms with Gasteiger partial charge in [-0.2, -0.15) is 5.10 Å². The number of aryl methyl sites for hydroxylation is 1. The predicted octanol–water partition coefficient (Wildman–Crippen LogP) is 1.51. The van der Waals surface area contributed by atoms with E-state index in [1.807, 2.05) is 4.68 Å². The average molecular weight is 522 g/mol. The molecule has 1 aliphatic carbocycles. The molecule has 0 bridgehead atoms. The number of sulfone groups is 1. The molecular weight excluding hydrogens is 491 g/mol. The topological polar surface area (TPSA) is 101 Å². The summed E-state index contributed by atoms with van der Waals surface area (Å²) in [5.74, 6) is 2.61. The van der Waals surface area contributed by atoms with Crippen LogP contribution in [0.15, 0.2) is 11.3 Å². The van der Waals surface area contributed by atoms with Gasteiger partial charge in [0.1, 0.15) is 12.2 Å². The van der Waals surface area contributed by atoms with Crippen LogP contribution in [0.3, 0.4) is 0 Å². The largest absolute Gasteiger partial charge is 0.354 e. The van der Waals surface area contributed by atoms with Gasteiger partial charge in [-0.15, -0.1) is 24.0 Å². The number of nitrogens with zero attached hydrogens (tertiary/aromatic N) is 4. The highest BCUT2D eigenvalue weighted by Gasteiger charge is 2.28. The molecule has 1 saturated heterocycles. The van der Waals surface area contributed by atoms with Crippen LogP contribution < -0.4 is 10.6 Å². The smallest absolute Gasteiger partial charge is 0.191 e. The summed E-state index contributed by atoms with van der Waals surface area (Å²) in [4.78, 5) is 9.08. The van der Waals surface area contributed by atoms with Crippen LogP contribution in [0.4, 0.5) is 0 Å². The van der Waals surface area contributed by atoms with Crippen molar-refractivity contribution in [2.45, 2.75) is 70.0 Å². The summed E-state index contributed by atoms with van der Waals surface area (Å²) < 4.78 is 25.4. The number of guanidine groups is 1. The van der Waals surface area contributed by atoms with Gasteiger partial charge >= 0.3 is 0 Å². The van der Waals surface area contributed by atoms with Gasteiger partial charge in [0.2, 0.25) is 0 Å². The molecule has 2 N–H and O–H groups in total. The third kappa shape index (κ3) is 5.80. The number of aliphatic imine (C=N–C) groups is 1. The van der Waals surface area contributed by atoms with Gasteiger partial charge in [0.05, 0.1) is 18.1 Å². The highest BCUT2D eigenvalue weighted by molar-refractivity contribution is 14.0. The molecule has 1 aromatic heterocycles. The number of halogens is 1. The van der Waals surface area contributed by atoms with Gasteiger partial charge in [0, 0.05) is 25.0 Å². The third-order valence-electron chi connectivity index (χ3n) is 5.93. The van der Waals surface area contributed by atoms with E-state index in [0.717, 1.165) is 37.6 Å². The fraction of sp³-hybridized carbons (Fsp3) is 0.833. The van der Waals surface area contributed by atoms with Crippen molar-refractivity contribution in [3.63, 3.8) is 0 Å². The minimum Gasteiger partial charge on any atom is -0.354 e. The molecule has 3 heterocycles. The van der Waals surface area contributed by atoms with Crippen molar-refractivity contribution >= 4 is 39.8 Å². The van der Waals surface area contributed by atoms with Crippen molar-refractivity contribution in [3.05, 3.63) is 12.2 Å². The summed E-state index contributed by atoms with van der Waals surface area (Å²) in [7, 11) is -2.85. The quantitative estimate of drug-likeness (QED) is 0.353. The van der Waals surface area contributed by atoms with E-state index in [2.05, 4.69) is 20.7 Å². The van der Waals surface area contributed by atoms with E-state index < -0.39 is 9.84 Å². The second-order valence-electron chi connectivity index (χ2n) is 8.18. The molecule has 8 nitrogen and oxygen atoms in total. The van der Waals surface area contributed by atoms with Crippen molar-refractivity contribution in [3.8, 4) is 0 Å². The summed E-state index contributed by atoms with van der Waals surface area (Å²) >= 11 is 0. The van der Waals surface area contributed by atoms with Crippen LogP contribution >= 0.6 is 24.0 Å². The lowest BCUT2D eigenvalue weighted by atomic mass is 9.96. The Kier molecular flexibility index (Phi) is 7.57. The molecule has 2 unspecified atom stereocenters. The van der Waals surface area contributed by atoms with Crippen LogP contribution in [0.1, 0.15) is 50.8 Å². The Hall–Kier alpha value is -0.910. The summed E-state index contributed by atoms with van der Waals surface area (Å²) in [6, 6.07) is 0.726. The molecule has 2 fully saturated rings. The molecule has 0 radical (unpaired) electrons. The lowest BCUT2D eigenvalue weighted by molar-refractivity contribution is 0.378. The number of nitrogens with one attached hydrogen (secondary N) is 2. The Morgan fingerprint density at radius 2 is 1.93 bits per heavy atom. The maximum absolute atomic E-state index is 11.7. The highest BCUT2D eigenvalue weighted by Crippen LogP contribution is 2.20. The number of aromatic nitrogens is 3. The lowest BCUT2D eigenvalue weighted by Gasteiger charge is -2.29. The van der Waals surface area contributed by atoms with Crippen molar-refractivity contribution in [1.29, 1.82) is 0 Å². The lowest BCUT2D eigenvalue weighted by Crippen LogP contribution is -2.50. The first-order chi connectivity index (χ1) is 13.1. The molecule has 10 heteroatoms.